The Morgan fingerprint density at radius 2 is 1.84 bits per heavy atom. The van der Waals surface area contributed by atoms with Crippen molar-refractivity contribution in [3.05, 3.63) is 28.2 Å². The number of nitrogens with two attached hydrogens (primary N) is 1. The number of rotatable bonds is 3. The summed E-state index contributed by atoms with van der Waals surface area (Å²) in [6, 6.07) is 5.96. The highest BCUT2D eigenvalue weighted by molar-refractivity contribution is 9.10. The molecule has 0 aromatic heterocycles. The Morgan fingerprint density at radius 3 is 2.32 bits per heavy atom. The number of nitrogens with zero attached hydrogens (tertiary/aromatic N) is 3. The standard InChI is InChI=1S/C13H18BrN5/c1-8-5-6-9(7-10(8)14)19-13(18-4)11(16-2)12(15)17-3/h5-7H,1-4H3,(H2,15,17)(H,18,19). The Hall–Kier alpha value is -1.69. The number of hydrogen-bond acceptors (Lipinski definition) is 3. The molecule has 0 unspecified atom stereocenters. The molecule has 0 aliphatic carbocycles. The minimum Gasteiger partial charge on any atom is -0.382 e. The van der Waals surface area contributed by atoms with Gasteiger partial charge in [0.2, 0.25) is 0 Å². The number of nitrogens with one attached hydrogen (secondary N) is 1. The van der Waals surface area contributed by atoms with Gasteiger partial charge in [-0.3, -0.25) is 15.0 Å². The van der Waals surface area contributed by atoms with Gasteiger partial charge in [-0.25, -0.2) is 0 Å². The van der Waals surface area contributed by atoms with Crippen LogP contribution in [0.5, 0.6) is 0 Å². The monoisotopic (exact) mass is 323 g/mol. The first-order valence-electron chi connectivity index (χ1n) is 5.73. The SMILES string of the molecule is CN=C(N)C(=NC)C(=NC)Nc1ccc(C)c(Br)c1. The molecular formula is C13H18BrN5. The van der Waals surface area contributed by atoms with Crippen molar-refractivity contribution in [2.45, 2.75) is 6.92 Å². The van der Waals surface area contributed by atoms with Crippen LogP contribution in [0, 0.1) is 6.92 Å². The molecule has 0 amide bonds. The van der Waals surface area contributed by atoms with Crippen molar-refractivity contribution < 1.29 is 0 Å². The van der Waals surface area contributed by atoms with Crippen LogP contribution in [0.2, 0.25) is 0 Å². The fraction of sp³-hybridized carbons (Fsp3) is 0.308. The Bertz CT molecular complexity index is 546. The van der Waals surface area contributed by atoms with E-state index < -0.39 is 0 Å². The van der Waals surface area contributed by atoms with E-state index in [1.54, 1.807) is 21.1 Å². The Morgan fingerprint density at radius 1 is 1.16 bits per heavy atom. The number of halogens is 1. The predicted molar refractivity (Wildman–Crippen MR) is 86.8 cm³/mol. The van der Waals surface area contributed by atoms with Gasteiger partial charge in [-0.2, -0.15) is 0 Å². The van der Waals surface area contributed by atoms with Gasteiger partial charge in [0.15, 0.2) is 5.84 Å². The summed E-state index contributed by atoms with van der Waals surface area (Å²) >= 11 is 3.50. The van der Waals surface area contributed by atoms with E-state index in [1.807, 2.05) is 25.1 Å². The van der Waals surface area contributed by atoms with Crippen molar-refractivity contribution >= 4 is 39.0 Å². The number of benzene rings is 1. The molecule has 1 aromatic rings. The summed E-state index contributed by atoms with van der Waals surface area (Å²) in [5.41, 5.74) is 8.42. The molecule has 0 saturated heterocycles. The lowest BCUT2D eigenvalue weighted by atomic mass is 10.2. The molecule has 1 rings (SSSR count). The van der Waals surface area contributed by atoms with E-state index in [1.165, 1.54) is 5.56 Å². The van der Waals surface area contributed by atoms with Crippen molar-refractivity contribution in [1.29, 1.82) is 0 Å². The molecule has 0 heterocycles. The third-order valence-corrected chi connectivity index (χ3v) is 3.44. The molecule has 19 heavy (non-hydrogen) atoms. The molecule has 0 atom stereocenters. The number of aliphatic imine (C=N–C) groups is 3. The van der Waals surface area contributed by atoms with Crippen LogP contribution in [-0.2, 0) is 0 Å². The maximum absolute atomic E-state index is 5.80. The van der Waals surface area contributed by atoms with Crippen molar-refractivity contribution in [2.75, 3.05) is 26.5 Å². The zero-order chi connectivity index (χ0) is 14.4. The van der Waals surface area contributed by atoms with Crippen LogP contribution < -0.4 is 11.1 Å². The average molecular weight is 324 g/mol. The highest BCUT2D eigenvalue weighted by Gasteiger charge is 2.12. The summed E-state index contributed by atoms with van der Waals surface area (Å²) in [5, 5.41) is 3.19. The molecule has 1 aromatic carbocycles. The van der Waals surface area contributed by atoms with Gasteiger partial charge in [-0.05, 0) is 24.6 Å². The van der Waals surface area contributed by atoms with E-state index in [-0.39, 0.29) is 0 Å². The second-order valence-electron chi connectivity index (χ2n) is 3.84. The van der Waals surface area contributed by atoms with E-state index in [0.29, 0.717) is 17.4 Å². The molecule has 0 aliphatic rings. The van der Waals surface area contributed by atoms with E-state index in [0.717, 1.165) is 10.2 Å². The maximum atomic E-state index is 5.80. The zero-order valence-corrected chi connectivity index (χ0v) is 13.1. The summed E-state index contributed by atoms with van der Waals surface area (Å²) in [7, 11) is 4.96. The van der Waals surface area contributed by atoms with E-state index in [4.69, 9.17) is 5.73 Å². The highest BCUT2D eigenvalue weighted by Crippen LogP contribution is 2.20. The van der Waals surface area contributed by atoms with Crippen molar-refractivity contribution in [1.82, 2.24) is 0 Å². The van der Waals surface area contributed by atoms with Gasteiger partial charge in [-0.15, -0.1) is 0 Å². The quantitative estimate of drug-likeness (QED) is 0.661. The van der Waals surface area contributed by atoms with Gasteiger partial charge < -0.3 is 11.1 Å². The van der Waals surface area contributed by atoms with Crippen LogP contribution in [0.3, 0.4) is 0 Å². The largest absolute Gasteiger partial charge is 0.382 e. The molecule has 3 N–H and O–H groups in total. The van der Waals surface area contributed by atoms with Crippen molar-refractivity contribution in [3.63, 3.8) is 0 Å². The average Bonchev–Trinajstić information content (AvgIpc) is 2.42. The lowest BCUT2D eigenvalue weighted by Gasteiger charge is -2.12. The van der Waals surface area contributed by atoms with E-state index in [9.17, 15) is 0 Å². The molecule has 0 bridgehead atoms. The van der Waals surface area contributed by atoms with Gasteiger partial charge in [-0.1, -0.05) is 22.0 Å². The van der Waals surface area contributed by atoms with Crippen molar-refractivity contribution in [3.8, 4) is 0 Å². The topological polar surface area (TPSA) is 75.1 Å². The number of hydrogen-bond donors (Lipinski definition) is 2. The van der Waals surface area contributed by atoms with Gasteiger partial charge in [0.25, 0.3) is 0 Å². The highest BCUT2D eigenvalue weighted by atomic mass is 79.9. The fourth-order valence-corrected chi connectivity index (χ4v) is 1.85. The van der Waals surface area contributed by atoms with Gasteiger partial charge >= 0.3 is 0 Å². The maximum Gasteiger partial charge on any atom is 0.154 e. The summed E-state index contributed by atoms with van der Waals surface area (Å²) in [5.74, 6) is 0.933. The lowest BCUT2D eigenvalue weighted by molar-refractivity contribution is 1.38. The van der Waals surface area contributed by atoms with Crippen molar-refractivity contribution in [2.24, 2.45) is 20.7 Å². The van der Waals surface area contributed by atoms with Gasteiger partial charge in [0.05, 0.1) is 0 Å². The molecule has 0 aliphatic heterocycles. The van der Waals surface area contributed by atoms with E-state index >= 15 is 0 Å². The Balaban J connectivity index is 3.04. The molecule has 0 saturated carbocycles. The second kappa shape index (κ2) is 7.04. The summed E-state index contributed by atoms with van der Waals surface area (Å²) in [4.78, 5) is 12.2. The second-order valence-corrected chi connectivity index (χ2v) is 4.70. The molecule has 5 nitrogen and oxygen atoms in total. The third-order valence-electron chi connectivity index (χ3n) is 2.59. The van der Waals surface area contributed by atoms with Gasteiger partial charge in [0, 0.05) is 31.3 Å². The molecule has 0 fully saturated rings. The van der Waals surface area contributed by atoms with Gasteiger partial charge in [0.1, 0.15) is 11.5 Å². The molecule has 102 valence electrons. The van der Waals surface area contributed by atoms with Crippen LogP contribution in [0.25, 0.3) is 0 Å². The summed E-state index contributed by atoms with van der Waals surface area (Å²) in [6.45, 7) is 2.03. The number of anilines is 1. The molecule has 0 radical (unpaired) electrons. The minimum atomic E-state index is 0.349. The normalized spacial score (nSPS) is 13.6. The zero-order valence-electron chi connectivity index (χ0n) is 11.5. The van der Waals surface area contributed by atoms with Crippen LogP contribution in [0.4, 0.5) is 5.69 Å². The molecule has 6 heteroatoms. The van der Waals surface area contributed by atoms with Crippen LogP contribution in [0.1, 0.15) is 5.56 Å². The van der Waals surface area contributed by atoms with Crippen LogP contribution in [-0.4, -0.2) is 38.5 Å². The smallest absolute Gasteiger partial charge is 0.154 e. The number of aryl methyl sites for hydroxylation is 1. The third kappa shape index (κ3) is 3.89. The summed E-state index contributed by atoms with van der Waals surface area (Å²) < 4.78 is 1.03. The first kappa shape index (κ1) is 15.4. The Kier molecular flexibility index (Phi) is 5.69. The predicted octanol–water partition coefficient (Wildman–Crippen LogP) is 2.26. The first-order chi connectivity index (χ1) is 9.03. The lowest BCUT2D eigenvalue weighted by Crippen LogP contribution is -2.35. The van der Waals surface area contributed by atoms with E-state index in [2.05, 4.69) is 36.2 Å². The number of amidine groups is 2. The summed E-state index contributed by atoms with van der Waals surface area (Å²) in [6.07, 6.45) is 0. The first-order valence-corrected chi connectivity index (χ1v) is 6.52. The minimum absolute atomic E-state index is 0.349. The molecular weight excluding hydrogens is 306 g/mol. The molecule has 0 spiro atoms. The van der Waals surface area contributed by atoms with Crippen LogP contribution >= 0.6 is 15.9 Å². The van der Waals surface area contributed by atoms with Crippen LogP contribution in [0.15, 0.2) is 37.6 Å². The fourth-order valence-electron chi connectivity index (χ4n) is 1.48. The Labute approximate surface area is 121 Å².